The summed E-state index contributed by atoms with van der Waals surface area (Å²) in [7, 11) is 0. The highest BCUT2D eigenvalue weighted by Gasteiger charge is 2.19. The number of carbonyl (C=O) groups is 3. The van der Waals surface area contributed by atoms with Crippen molar-refractivity contribution in [3.8, 4) is 5.75 Å². The molecule has 1 aliphatic carbocycles. The molecule has 3 rings (SSSR count). The number of nitrogens with one attached hydrogen (secondary N) is 3. The van der Waals surface area contributed by atoms with Crippen LogP contribution >= 0.6 is 0 Å². The summed E-state index contributed by atoms with van der Waals surface area (Å²) < 4.78 is 5.83. The van der Waals surface area contributed by atoms with Gasteiger partial charge in [0.05, 0.1) is 13.2 Å². The molecule has 0 bridgehead atoms. The van der Waals surface area contributed by atoms with Crippen LogP contribution in [0.25, 0.3) is 0 Å². The third-order valence-electron chi connectivity index (χ3n) is 9.25. The first-order chi connectivity index (χ1) is 23.5. The van der Waals surface area contributed by atoms with E-state index in [-0.39, 0.29) is 24.3 Å². The predicted molar refractivity (Wildman–Crippen MR) is 196 cm³/mol. The number of nitrogens with zero attached hydrogens (tertiary/aromatic N) is 1. The second kappa shape index (κ2) is 24.6. The zero-order chi connectivity index (χ0) is 34.1. The number of ether oxygens (including phenoxy) is 1. The first kappa shape index (κ1) is 38.9. The third-order valence-corrected chi connectivity index (χ3v) is 9.25. The standard InChI is InChI=1S/C40H62N4O4/c1-2-3-4-5-6-7-8-9-10-16-30-41-38(45)22-17-32-48-37-26-24-36(25-27-37)42-33-40(47)44(31-29-35-18-12-11-13-19-35)43-39(46)28-23-34-20-14-15-21-34/h11-13,18-19,24-27,34,42H,2-10,14-17,20-23,28-33H2,1H3,(H,41,45)(H,43,46). The Bertz CT molecular complexity index is 1150. The summed E-state index contributed by atoms with van der Waals surface area (Å²) in [6.45, 7) is 3.94. The number of amides is 3. The van der Waals surface area contributed by atoms with Crippen molar-refractivity contribution in [1.29, 1.82) is 0 Å². The lowest BCUT2D eigenvalue weighted by atomic mass is 10.0. The number of hydrogen-bond acceptors (Lipinski definition) is 5. The van der Waals surface area contributed by atoms with Crippen molar-refractivity contribution < 1.29 is 19.1 Å². The quantitative estimate of drug-likeness (QED) is 0.0733. The molecule has 2 aromatic carbocycles. The summed E-state index contributed by atoms with van der Waals surface area (Å²) in [5, 5.41) is 7.67. The van der Waals surface area contributed by atoms with Gasteiger partial charge in [0.25, 0.3) is 5.91 Å². The number of rotatable bonds is 25. The number of carbonyl (C=O) groups excluding carboxylic acids is 3. The van der Waals surface area contributed by atoms with E-state index < -0.39 is 0 Å². The lowest BCUT2D eigenvalue weighted by Gasteiger charge is -2.24. The first-order valence-electron chi connectivity index (χ1n) is 18.9. The molecule has 0 unspecified atom stereocenters. The number of anilines is 1. The maximum atomic E-state index is 13.2. The van der Waals surface area contributed by atoms with Crippen LogP contribution in [0.15, 0.2) is 54.6 Å². The number of hydrazine groups is 1. The average molecular weight is 663 g/mol. The van der Waals surface area contributed by atoms with Gasteiger partial charge < -0.3 is 15.4 Å². The first-order valence-corrected chi connectivity index (χ1v) is 18.9. The van der Waals surface area contributed by atoms with Crippen molar-refractivity contribution in [3.05, 3.63) is 60.2 Å². The van der Waals surface area contributed by atoms with Gasteiger partial charge in [0.1, 0.15) is 5.75 Å². The summed E-state index contributed by atoms with van der Waals surface area (Å²) >= 11 is 0. The third kappa shape index (κ3) is 17.6. The van der Waals surface area contributed by atoms with Crippen LogP contribution in [0.1, 0.15) is 128 Å². The van der Waals surface area contributed by atoms with Gasteiger partial charge in [0.15, 0.2) is 0 Å². The van der Waals surface area contributed by atoms with Crippen LogP contribution in [0.3, 0.4) is 0 Å². The predicted octanol–water partition coefficient (Wildman–Crippen LogP) is 8.37. The highest BCUT2D eigenvalue weighted by Crippen LogP contribution is 2.28. The van der Waals surface area contributed by atoms with Crippen LogP contribution < -0.4 is 20.8 Å². The molecule has 0 saturated heterocycles. The van der Waals surface area contributed by atoms with Crippen molar-refractivity contribution in [2.24, 2.45) is 5.92 Å². The van der Waals surface area contributed by atoms with E-state index in [1.165, 1.54) is 88.5 Å². The Balaban J connectivity index is 1.28. The molecule has 0 atom stereocenters. The van der Waals surface area contributed by atoms with E-state index in [4.69, 9.17) is 4.74 Å². The minimum Gasteiger partial charge on any atom is -0.494 e. The van der Waals surface area contributed by atoms with E-state index in [1.807, 2.05) is 54.6 Å². The molecule has 8 nitrogen and oxygen atoms in total. The highest BCUT2D eigenvalue weighted by molar-refractivity contribution is 5.84. The van der Waals surface area contributed by atoms with Crippen molar-refractivity contribution in [2.75, 3.05) is 31.6 Å². The van der Waals surface area contributed by atoms with E-state index in [0.29, 0.717) is 44.8 Å². The molecule has 8 heteroatoms. The summed E-state index contributed by atoms with van der Waals surface area (Å²) in [5.41, 5.74) is 4.78. The van der Waals surface area contributed by atoms with Crippen LogP contribution in [0, 0.1) is 5.92 Å². The van der Waals surface area contributed by atoms with Crippen LogP contribution in [0.4, 0.5) is 5.69 Å². The van der Waals surface area contributed by atoms with E-state index in [1.54, 1.807) is 0 Å². The molecule has 1 fully saturated rings. The molecule has 3 amide bonds. The lowest BCUT2D eigenvalue weighted by molar-refractivity contribution is -0.140. The maximum absolute atomic E-state index is 13.2. The molecule has 3 N–H and O–H groups in total. The molecule has 0 aliphatic heterocycles. The molecule has 2 aromatic rings. The second-order valence-corrected chi connectivity index (χ2v) is 13.4. The number of benzene rings is 2. The molecule has 0 radical (unpaired) electrons. The number of unbranched alkanes of at least 4 members (excludes halogenated alkanes) is 9. The van der Waals surface area contributed by atoms with E-state index in [0.717, 1.165) is 36.4 Å². The van der Waals surface area contributed by atoms with Crippen LogP contribution in [0.5, 0.6) is 5.75 Å². The van der Waals surface area contributed by atoms with Crippen molar-refractivity contribution in [1.82, 2.24) is 15.8 Å². The lowest BCUT2D eigenvalue weighted by Crippen LogP contribution is -2.49. The summed E-state index contributed by atoms with van der Waals surface area (Å²) in [6.07, 6.45) is 20.9. The van der Waals surface area contributed by atoms with Gasteiger partial charge in [-0.15, -0.1) is 0 Å². The Morgan fingerprint density at radius 2 is 1.44 bits per heavy atom. The Labute approximate surface area is 290 Å². The minimum atomic E-state index is -0.188. The van der Waals surface area contributed by atoms with Crippen molar-refractivity contribution in [2.45, 2.75) is 129 Å². The van der Waals surface area contributed by atoms with Crippen LogP contribution in [0.2, 0.25) is 0 Å². The van der Waals surface area contributed by atoms with Gasteiger partial charge in [-0.1, -0.05) is 121 Å². The zero-order valence-corrected chi connectivity index (χ0v) is 29.6. The molecule has 48 heavy (non-hydrogen) atoms. The van der Waals surface area contributed by atoms with Crippen LogP contribution in [-0.2, 0) is 20.8 Å². The SMILES string of the molecule is CCCCCCCCCCCCNC(=O)CCCOc1ccc(NCC(=O)N(CCc2ccccc2)NC(=O)CCC2CCCC2)cc1. The van der Waals surface area contributed by atoms with E-state index in [2.05, 4.69) is 23.0 Å². The average Bonchev–Trinajstić information content (AvgIpc) is 3.64. The summed E-state index contributed by atoms with van der Waals surface area (Å²) in [5.74, 6) is 1.14. The molecule has 1 saturated carbocycles. The summed E-state index contributed by atoms with van der Waals surface area (Å²) in [4.78, 5) is 38.1. The van der Waals surface area contributed by atoms with Crippen LogP contribution in [-0.4, -0.2) is 49.0 Å². The topological polar surface area (TPSA) is 99.8 Å². The van der Waals surface area contributed by atoms with Crippen molar-refractivity contribution in [3.63, 3.8) is 0 Å². The smallest absolute Gasteiger partial charge is 0.260 e. The fraction of sp³-hybridized carbons (Fsp3) is 0.625. The summed E-state index contributed by atoms with van der Waals surface area (Å²) in [6, 6.07) is 17.4. The van der Waals surface area contributed by atoms with Gasteiger partial charge in [0.2, 0.25) is 11.8 Å². The van der Waals surface area contributed by atoms with E-state index >= 15 is 0 Å². The van der Waals surface area contributed by atoms with E-state index in [9.17, 15) is 14.4 Å². The minimum absolute atomic E-state index is 0.0616. The van der Waals surface area contributed by atoms with Gasteiger partial charge in [-0.3, -0.25) is 24.8 Å². The molecule has 0 spiro atoms. The second-order valence-electron chi connectivity index (χ2n) is 13.4. The van der Waals surface area contributed by atoms with Gasteiger partial charge in [-0.05, 0) is 61.4 Å². The number of hydrogen-bond donors (Lipinski definition) is 3. The monoisotopic (exact) mass is 662 g/mol. The Kier molecular flexibility index (Phi) is 19.9. The molecular formula is C40H62N4O4. The Hall–Kier alpha value is -3.55. The molecule has 1 aliphatic rings. The molecule has 0 heterocycles. The van der Waals surface area contributed by atoms with Gasteiger partial charge in [-0.2, -0.15) is 0 Å². The van der Waals surface area contributed by atoms with Crippen molar-refractivity contribution >= 4 is 23.4 Å². The molecule has 0 aromatic heterocycles. The maximum Gasteiger partial charge on any atom is 0.260 e. The molecule has 266 valence electrons. The fourth-order valence-corrected chi connectivity index (χ4v) is 6.26. The Morgan fingerprint density at radius 1 is 0.771 bits per heavy atom. The Morgan fingerprint density at radius 3 is 2.12 bits per heavy atom. The van der Waals surface area contributed by atoms with Gasteiger partial charge >= 0.3 is 0 Å². The fourth-order valence-electron chi connectivity index (χ4n) is 6.26. The van der Waals surface area contributed by atoms with Gasteiger partial charge in [-0.25, -0.2) is 0 Å². The molecular weight excluding hydrogens is 600 g/mol. The highest BCUT2D eigenvalue weighted by atomic mass is 16.5. The largest absolute Gasteiger partial charge is 0.494 e. The zero-order valence-electron chi connectivity index (χ0n) is 29.6. The van der Waals surface area contributed by atoms with Gasteiger partial charge in [0, 0.05) is 31.6 Å². The normalized spacial score (nSPS) is 12.9.